The Labute approximate surface area is 148 Å². The Morgan fingerprint density at radius 3 is 2.75 bits per heavy atom. The number of carbonyl (C=O) groups is 1. The zero-order valence-corrected chi connectivity index (χ0v) is 14.8. The molecule has 2 aliphatic rings. The van der Waals surface area contributed by atoms with E-state index >= 15 is 0 Å². The normalized spacial score (nSPS) is 22.3. The maximum Gasteiger partial charge on any atom is 0.227 e. The van der Waals surface area contributed by atoms with E-state index in [1.54, 1.807) is 12.3 Å². The van der Waals surface area contributed by atoms with Crippen molar-refractivity contribution in [3.63, 3.8) is 0 Å². The van der Waals surface area contributed by atoms with Gasteiger partial charge in [-0.2, -0.15) is 5.26 Å². The Balaban J connectivity index is 1.68. The number of nitrogens with zero attached hydrogens (tertiary/aromatic N) is 4. The maximum atomic E-state index is 12.8. The van der Waals surface area contributed by atoms with Crippen molar-refractivity contribution < 1.29 is 4.79 Å². The Morgan fingerprint density at radius 2 is 2.08 bits per heavy atom. The Morgan fingerprint density at radius 1 is 1.33 bits per heavy atom. The van der Waals surface area contributed by atoms with Gasteiger partial charge < -0.3 is 9.80 Å². The fraction of sp³-hybridized carbons (Fsp3) is 0.611. The van der Waals surface area contributed by atoms with Crippen molar-refractivity contribution in [2.24, 2.45) is 11.8 Å². The SMILES string of the molecule is CC1CCN(C(=O)C2CCCN(c3ncc(C#N)cc3Cl)C2)CC1. The molecular formula is C18H23ClN4O. The van der Waals surface area contributed by atoms with E-state index in [-0.39, 0.29) is 11.8 Å². The molecule has 3 rings (SSSR count). The summed E-state index contributed by atoms with van der Waals surface area (Å²) < 4.78 is 0. The molecule has 24 heavy (non-hydrogen) atoms. The summed E-state index contributed by atoms with van der Waals surface area (Å²) in [6.45, 7) is 5.52. The summed E-state index contributed by atoms with van der Waals surface area (Å²) in [5, 5.41) is 9.41. The summed E-state index contributed by atoms with van der Waals surface area (Å²) >= 11 is 6.28. The number of likely N-dealkylation sites (tertiary alicyclic amines) is 1. The van der Waals surface area contributed by atoms with Gasteiger partial charge >= 0.3 is 0 Å². The number of hydrogen-bond acceptors (Lipinski definition) is 4. The number of pyridine rings is 1. The van der Waals surface area contributed by atoms with Gasteiger partial charge in [0.25, 0.3) is 0 Å². The number of aromatic nitrogens is 1. The van der Waals surface area contributed by atoms with Crippen LogP contribution < -0.4 is 4.90 Å². The third-order valence-corrected chi connectivity index (χ3v) is 5.39. The number of carbonyl (C=O) groups excluding carboxylic acids is 1. The van der Waals surface area contributed by atoms with Crippen molar-refractivity contribution in [1.29, 1.82) is 5.26 Å². The first-order valence-electron chi connectivity index (χ1n) is 8.68. The minimum atomic E-state index is 0.0145. The van der Waals surface area contributed by atoms with Crippen molar-refractivity contribution in [1.82, 2.24) is 9.88 Å². The van der Waals surface area contributed by atoms with E-state index in [2.05, 4.69) is 16.8 Å². The second-order valence-electron chi connectivity index (χ2n) is 6.93. The number of amides is 1. The molecule has 0 radical (unpaired) electrons. The topological polar surface area (TPSA) is 60.2 Å². The minimum absolute atomic E-state index is 0.0145. The van der Waals surface area contributed by atoms with Crippen LogP contribution in [0.3, 0.4) is 0 Å². The van der Waals surface area contributed by atoms with Crippen LogP contribution >= 0.6 is 11.6 Å². The summed E-state index contributed by atoms with van der Waals surface area (Å²) in [4.78, 5) is 21.3. The van der Waals surface area contributed by atoms with Gasteiger partial charge in [0, 0.05) is 32.4 Å². The van der Waals surface area contributed by atoms with Gasteiger partial charge in [0.1, 0.15) is 11.9 Å². The highest BCUT2D eigenvalue weighted by Crippen LogP contribution is 2.29. The van der Waals surface area contributed by atoms with Crippen LogP contribution in [0.5, 0.6) is 0 Å². The first kappa shape index (κ1) is 17.0. The molecule has 0 saturated carbocycles. The predicted molar refractivity (Wildman–Crippen MR) is 93.9 cm³/mol. The lowest BCUT2D eigenvalue weighted by atomic mass is 9.93. The fourth-order valence-electron chi connectivity index (χ4n) is 3.58. The highest BCUT2D eigenvalue weighted by atomic mass is 35.5. The largest absolute Gasteiger partial charge is 0.355 e. The quantitative estimate of drug-likeness (QED) is 0.825. The number of hydrogen-bond donors (Lipinski definition) is 0. The maximum absolute atomic E-state index is 12.8. The molecule has 2 fully saturated rings. The predicted octanol–water partition coefficient (Wildman–Crippen LogP) is 3.08. The fourth-order valence-corrected chi connectivity index (χ4v) is 3.87. The molecule has 5 nitrogen and oxygen atoms in total. The molecule has 1 aromatic heterocycles. The molecule has 2 aliphatic heterocycles. The molecule has 0 spiro atoms. The van der Waals surface area contributed by atoms with Crippen molar-refractivity contribution in [2.75, 3.05) is 31.1 Å². The highest BCUT2D eigenvalue weighted by molar-refractivity contribution is 6.33. The van der Waals surface area contributed by atoms with Crippen LogP contribution in [0, 0.1) is 23.2 Å². The number of piperidine rings is 2. The highest BCUT2D eigenvalue weighted by Gasteiger charge is 2.31. The Bertz CT molecular complexity index is 649. The molecule has 6 heteroatoms. The van der Waals surface area contributed by atoms with E-state index in [1.165, 1.54) is 0 Å². The van der Waals surface area contributed by atoms with E-state index in [0.717, 1.165) is 51.2 Å². The first-order chi connectivity index (χ1) is 11.6. The van der Waals surface area contributed by atoms with E-state index in [4.69, 9.17) is 16.9 Å². The van der Waals surface area contributed by atoms with Crippen LogP contribution in [0.2, 0.25) is 5.02 Å². The summed E-state index contributed by atoms with van der Waals surface area (Å²) in [6.07, 6.45) is 5.63. The van der Waals surface area contributed by atoms with E-state index in [0.29, 0.717) is 22.9 Å². The minimum Gasteiger partial charge on any atom is -0.355 e. The number of anilines is 1. The van der Waals surface area contributed by atoms with Gasteiger partial charge in [-0.15, -0.1) is 0 Å². The number of nitriles is 1. The molecule has 0 bridgehead atoms. The second-order valence-corrected chi connectivity index (χ2v) is 7.34. The monoisotopic (exact) mass is 346 g/mol. The van der Waals surface area contributed by atoms with Crippen molar-refractivity contribution in [3.8, 4) is 6.07 Å². The lowest BCUT2D eigenvalue weighted by molar-refractivity contribution is -0.137. The van der Waals surface area contributed by atoms with Crippen LogP contribution in [0.25, 0.3) is 0 Å². The van der Waals surface area contributed by atoms with Gasteiger partial charge in [0.05, 0.1) is 16.5 Å². The summed E-state index contributed by atoms with van der Waals surface area (Å²) in [5.74, 6) is 1.69. The summed E-state index contributed by atoms with van der Waals surface area (Å²) in [7, 11) is 0. The molecule has 1 aromatic rings. The van der Waals surface area contributed by atoms with Crippen LogP contribution in [-0.4, -0.2) is 42.0 Å². The summed E-state index contributed by atoms with van der Waals surface area (Å²) in [5.41, 5.74) is 0.454. The zero-order chi connectivity index (χ0) is 17.1. The molecule has 0 aromatic carbocycles. The smallest absolute Gasteiger partial charge is 0.227 e. The lowest BCUT2D eigenvalue weighted by Crippen LogP contribution is -2.47. The second kappa shape index (κ2) is 7.40. The van der Waals surface area contributed by atoms with Gasteiger partial charge in [-0.1, -0.05) is 18.5 Å². The molecule has 0 aliphatic carbocycles. The summed E-state index contributed by atoms with van der Waals surface area (Å²) in [6, 6.07) is 3.69. The van der Waals surface area contributed by atoms with E-state index in [9.17, 15) is 4.79 Å². The molecule has 128 valence electrons. The lowest BCUT2D eigenvalue weighted by Gasteiger charge is -2.38. The molecule has 2 saturated heterocycles. The third-order valence-electron chi connectivity index (χ3n) is 5.12. The molecule has 1 amide bonds. The van der Waals surface area contributed by atoms with Crippen LogP contribution in [0.15, 0.2) is 12.3 Å². The van der Waals surface area contributed by atoms with Crippen molar-refractivity contribution >= 4 is 23.3 Å². The standard InChI is InChI=1S/C18H23ClN4O/c1-13-4-7-22(8-5-13)18(24)15-3-2-6-23(12-15)17-16(19)9-14(10-20)11-21-17/h9,11,13,15H,2-8,12H2,1H3. The van der Waals surface area contributed by atoms with Crippen LogP contribution in [-0.2, 0) is 4.79 Å². The third kappa shape index (κ3) is 3.64. The zero-order valence-electron chi connectivity index (χ0n) is 14.0. The van der Waals surface area contributed by atoms with Crippen LogP contribution in [0.1, 0.15) is 38.2 Å². The molecule has 1 unspecified atom stereocenters. The first-order valence-corrected chi connectivity index (χ1v) is 9.05. The van der Waals surface area contributed by atoms with E-state index < -0.39 is 0 Å². The van der Waals surface area contributed by atoms with Gasteiger partial charge in [0.2, 0.25) is 5.91 Å². The molecule has 3 heterocycles. The molecule has 1 atom stereocenters. The number of rotatable bonds is 2. The van der Waals surface area contributed by atoms with E-state index in [1.807, 2.05) is 11.0 Å². The van der Waals surface area contributed by atoms with Crippen molar-refractivity contribution in [3.05, 3.63) is 22.8 Å². The Hall–Kier alpha value is -1.80. The van der Waals surface area contributed by atoms with Crippen LogP contribution in [0.4, 0.5) is 5.82 Å². The average Bonchev–Trinajstić information content (AvgIpc) is 2.61. The van der Waals surface area contributed by atoms with Gasteiger partial charge in [-0.25, -0.2) is 4.98 Å². The van der Waals surface area contributed by atoms with Gasteiger partial charge in [-0.05, 0) is 37.7 Å². The number of halogens is 1. The van der Waals surface area contributed by atoms with Crippen molar-refractivity contribution in [2.45, 2.75) is 32.6 Å². The van der Waals surface area contributed by atoms with Gasteiger partial charge in [-0.3, -0.25) is 4.79 Å². The average molecular weight is 347 g/mol. The van der Waals surface area contributed by atoms with Gasteiger partial charge in [0.15, 0.2) is 0 Å². The Kier molecular flexibility index (Phi) is 5.25. The molecular weight excluding hydrogens is 324 g/mol. The molecule has 0 N–H and O–H groups in total.